The third-order valence-corrected chi connectivity index (χ3v) is 5.04. The maximum absolute atomic E-state index is 12.0. The molecule has 0 aromatic heterocycles. The minimum absolute atomic E-state index is 0.00488. The number of carbonyl (C=O) groups is 1. The maximum Gasteiger partial charge on any atom is 0.261 e. The van der Waals surface area contributed by atoms with Gasteiger partial charge in [-0.2, -0.15) is 0 Å². The van der Waals surface area contributed by atoms with E-state index in [0.717, 1.165) is 0 Å². The van der Waals surface area contributed by atoms with E-state index in [1.54, 1.807) is 0 Å². The number of rotatable bonds is 5. The van der Waals surface area contributed by atoms with Crippen molar-refractivity contribution in [2.24, 2.45) is 11.3 Å². The SMILES string of the molecule is CC(C)C(C)(C)CNC(=O)c1ccc(S(=O)(=O)Cl)cc1. The van der Waals surface area contributed by atoms with Crippen LogP contribution in [0.2, 0.25) is 0 Å². The lowest BCUT2D eigenvalue weighted by molar-refractivity contribution is 0.0924. The van der Waals surface area contributed by atoms with Crippen LogP contribution in [0.3, 0.4) is 0 Å². The molecule has 1 aromatic rings. The number of hydrogen-bond donors (Lipinski definition) is 1. The maximum atomic E-state index is 12.0. The molecule has 1 aromatic carbocycles. The van der Waals surface area contributed by atoms with Crippen LogP contribution in [0.15, 0.2) is 29.2 Å². The molecule has 0 saturated heterocycles. The van der Waals surface area contributed by atoms with E-state index in [4.69, 9.17) is 10.7 Å². The molecule has 0 aliphatic rings. The van der Waals surface area contributed by atoms with Gasteiger partial charge in [0.15, 0.2) is 0 Å². The topological polar surface area (TPSA) is 63.2 Å². The van der Waals surface area contributed by atoms with E-state index in [9.17, 15) is 13.2 Å². The van der Waals surface area contributed by atoms with Crippen LogP contribution in [0.25, 0.3) is 0 Å². The second-order valence-electron chi connectivity index (χ2n) is 5.79. The minimum atomic E-state index is -3.75. The van der Waals surface area contributed by atoms with Crippen molar-refractivity contribution in [1.82, 2.24) is 5.32 Å². The molecule has 0 radical (unpaired) electrons. The number of benzene rings is 1. The zero-order chi connectivity index (χ0) is 15.6. The fourth-order valence-electron chi connectivity index (χ4n) is 1.38. The summed E-state index contributed by atoms with van der Waals surface area (Å²) in [4.78, 5) is 12.0. The number of amides is 1. The first kappa shape index (κ1) is 17.0. The number of nitrogens with one attached hydrogen (secondary N) is 1. The van der Waals surface area contributed by atoms with Gasteiger partial charge in [-0.1, -0.05) is 27.7 Å². The van der Waals surface area contributed by atoms with Gasteiger partial charge >= 0.3 is 0 Å². The molecule has 1 amide bonds. The highest BCUT2D eigenvalue weighted by atomic mass is 35.7. The van der Waals surface area contributed by atoms with Crippen molar-refractivity contribution in [3.05, 3.63) is 29.8 Å². The molecular weight excluding hydrogens is 298 g/mol. The van der Waals surface area contributed by atoms with Gasteiger partial charge in [0.2, 0.25) is 0 Å². The Balaban J connectivity index is 2.75. The quantitative estimate of drug-likeness (QED) is 0.849. The summed E-state index contributed by atoms with van der Waals surface area (Å²) in [6.45, 7) is 8.93. The van der Waals surface area contributed by atoms with Crippen molar-refractivity contribution in [2.45, 2.75) is 32.6 Å². The van der Waals surface area contributed by atoms with Gasteiger partial charge in [0.1, 0.15) is 0 Å². The number of halogens is 1. The Morgan fingerprint density at radius 3 is 2.15 bits per heavy atom. The first-order chi connectivity index (χ1) is 9.04. The van der Waals surface area contributed by atoms with E-state index in [2.05, 4.69) is 33.0 Å². The first-order valence-corrected chi connectivity index (χ1v) is 8.68. The van der Waals surface area contributed by atoms with Crippen molar-refractivity contribution in [3.8, 4) is 0 Å². The average molecular weight is 318 g/mol. The molecule has 0 saturated carbocycles. The molecule has 0 aliphatic carbocycles. The summed E-state index contributed by atoms with van der Waals surface area (Å²) in [5.74, 6) is 0.212. The molecule has 0 heterocycles. The van der Waals surface area contributed by atoms with Crippen LogP contribution in [0.1, 0.15) is 38.1 Å². The molecule has 1 N–H and O–H groups in total. The summed E-state index contributed by atoms with van der Waals surface area (Å²) in [7, 11) is 1.47. The van der Waals surface area contributed by atoms with Crippen LogP contribution in [-0.4, -0.2) is 20.9 Å². The highest BCUT2D eigenvalue weighted by Crippen LogP contribution is 2.24. The zero-order valence-electron chi connectivity index (χ0n) is 12.1. The molecule has 0 bridgehead atoms. The molecule has 0 atom stereocenters. The highest BCUT2D eigenvalue weighted by molar-refractivity contribution is 8.13. The van der Waals surface area contributed by atoms with Gasteiger partial charge in [-0.15, -0.1) is 0 Å². The lowest BCUT2D eigenvalue weighted by atomic mass is 9.81. The van der Waals surface area contributed by atoms with Gasteiger partial charge in [0.05, 0.1) is 4.90 Å². The van der Waals surface area contributed by atoms with Gasteiger partial charge in [-0.05, 0) is 35.6 Å². The predicted octanol–water partition coefficient (Wildman–Crippen LogP) is 3.03. The summed E-state index contributed by atoms with van der Waals surface area (Å²) < 4.78 is 22.2. The molecule has 4 nitrogen and oxygen atoms in total. The van der Waals surface area contributed by atoms with Crippen LogP contribution >= 0.6 is 10.7 Å². The molecule has 0 spiro atoms. The Labute approximate surface area is 124 Å². The number of carbonyl (C=O) groups excluding carboxylic acids is 1. The largest absolute Gasteiger partial charge is 0.351 e. The molecule has 0 fully saturated rings. The second-order valence-corrected chi connectivity index (χ2v) is 8.35. The van der Waals surface area contributed by atoms with Crippen molar-refractivity contribution >= 4 is 25.6 Å². The Morgan fingerprint density at radius 1 is 1.25 bits per heavy atom. The van der Waals surface area contributed by atoms with Crippen LogP contribution in [0, 0.1) is 11.3 Å². The first-order valence-electron chi connectivity index (χ1n) is 6.37. The summed E-state index contributed by atoms with van der Waals surface area (Å²) >= 11 is 0. The van der Waals surface area contributed by atoms with Gasteiger partial charge in [0, 0.05) is 22.8 Å². The van der Waals surface area contributed by atoms with E-state index in [-0.39, 0.29) is 16.2 Å². The van der Waals surface area contributed by atoms with Crippen LogP contribution in [0.4, 0.5) is 0 Å². The normalized spacial score (nSPS) is 12.5. The van der Waals surface area contributed by atoms with Gasteiger partial charge in [-0.3, -0.25) is 4.79 Å². The summed E-state index contributed by atoms with van der Waals surface area (Å²) in [6.07, 6.45) is 0. The Bertz CT molecular complexity index is 577. The lowest BCUT2D eigenvalue weighted by Gasteiger charge is -2.29. The summed E-state index contributed by atoms with van der Waals surface area (Å²) in [5, 5.41) is 2.86. The van der Waals surface area contributed by atoms with Gasteiger partial charge in [0.25, 0.3) is 15.0 Å². The van der Waals surface area contributed by atoms with E-state index in [1.165, 1.54) is 24.3 Å². The van der Waals surface area contributed by atoms with Gasteiger partial charge in [-0.25, -0.2) is 8.42 Å². The molecule has 20 heavy (non-hydrogen) atoms. The lowest BCUT2D eigenvalue weighted by Crippen LogP contribution is -2.36. The van der Waals surface area contributed by atoms with Crippen LogP contribution in [-0.2, 0) is 9.05 Å². The summed E-state index contributed by atoms with van der Waals surface area (Å²) in [5.41, 5.74) is 0.406. The molecule has 6 heteroatoms. The van der Waals surface area contributed by atoms with E-state index in [0.29, 0.717) is 18.0 Å². The average Bonchev–Trinajstić information content (AvgIpc) is 2.35. The second kappa shape index (κ2) is 6.14. The van der Waals surface area contributed by atoms with E-state index in [1.807, 2.05) is 0 Å². The zero-order valence-corrected chi connectivity index (χ0v) is 13.7. The van der Waals surface area contributed by atoms with Crippen LogP contribution < -0.4 is 5.32 Å². The molecule has 0 aliphatic heterocycles. The standard InChI is InChI=1S/C14H20ClNO3S/c1-10(2)14(3,4)9-16-13(17)11-5-7-12(8-6-11)20(15,18)19/h5-8,10H,9H2,1-4H3,(H,16,17). The Morgan fingerprint density at radius 2 is 1.75 bits per heavy atom. The van der Waals surface area contributed by atoms with E-state index < -0.39 is 9.05 Å². The van der Waals surface area contributed by atoms with Gasteiger partial charge < -0.3 is 5.32 Å². The predicted molar refractivity (Wildman–Crippen MR) is 80.4 cm³/mol. The van der Waals surface area contributed by atoms with Crippen molar-refractivity contribution < 1.29 is 13.2 Å². The third-order valence-electron chi connectivity index (χ3n) is 3.67. The fourth-order valence-corrected chi connectivity index (χ4v) is 2.15. The monoisotopic (exact) mass is 317 g/mol. The molecule has 112 valence electrons. The van der Waals surface area contributed by atoms with Crippen molar-refractivity contribution in [2.75, 3.05) is 6.54 Å². The number of hydrogen-bond acceptors (Lipinski definition) is 3. The smallest absolute Gasteiger partial charge is 0.261 e. The Hall–Kier alpha value is -1.07. The molecule has 1 rings (SSSR count). The van der Waals surface area contributed by atoms with Crippen molar-refractivity contribution in [1.29, 1.82) is 0 Å². The molecular formula is C14H20ClNO3S. The van der Waals surface area contributed by atoms with E-state index >= 15 is 0 Å². The fraction of sp³-hybridized carbons (Fsp3) is 0.500. The Kier molecular flexibility index (Phi) is 5.21. The molecule has 0 unspecified atom stereocenters. The minimum Gasteiger partial charge on any atom is -0.351 e. The van der Waals surface area contributed by atoms with Crippen LogP contribution in [0.5, 0.6) is 0 Å². The highest BCUT2D eigenvalue weighted by Gasteiger charge is 2.23. The summed E-state index contributed by atoms with van der Waals surface area (Å²) in [6, 6.07) is 5.55. The van der Waals surface area contributed by atoms with Crippen molar-refractivity contribution in [3.63, 3.8) is 0 Å². The third kappa shape index (κ3) is 4.49.